The lowest BCUT2D eigenvalue weighted by molar-refractivity contribution is -0.143. The van der Waals surface area contributed by atoms with Crippen LogP contribution in [-0.2, 0) is 30.7 Å². The van der Waals surface area contributed by atoms with Gasteiger partial charge in [0.05, 0.1) is 25.7 Å². The number of esters is 1. The van der Waals surface area contributed by atoms with Crippen molar-refractivity contribution in [3.05, 3.63) is 47.8 Å². The van der Waals surface area contributed by atoms with Crippen molar-refractivity contribution >= 4 is 21.9 Å². The van der Waals surface area contributed by atoms with E-state index in [1.54, 1.807) is 25.3 Å². The van der Waals surface area contributed by atoms with Crippen molar-refractivity contribution in [1.29, 1.82) is 0 Å². The predicted molar refractivity (Wildman–Crippen MR) is 107 cm³/mol. The number of anilines is 1. The second kappa shape index (κ2) is 10.7. The summed E-state index contributed by atoms with van der Waals surface area (Å²) in [5, 5.41) is 0. The van der Waals surface area contributed by atoms with E-state index in [1.807, 2.05) is 12.1 Å². The summed E-state index contributed by atoms with van der Waals surface area (Å²) >= 11 is 0. The van der Waals surface area contributed by atoms with Crippen LogP contribution in [0.1, 0.15) is 23.6 Å². The summed E-state index contributed by atoms with van der Waals surface area (Å²) in [4.78, 5) is 20.2. The Kier molecular flexibility index (Phi) is 8.34. The second-order valence-corrected chi connectivity index (χ2v) is 8.02. The summed E-state index contributed by atoms with van der Waals surface area (Å²) < 4.78 is 42.1. The van der Waals surface area contributed by atoms with Gasteiger partial charge in [0.25, 0.3) is 0 Å². The Morgan fingerprint density at radius 2 is 1.86 bits per heavy atom. The fraction of sp³-hybridized carbons (Fsp3) is 0.421. The topological polar surface area (TPSA) is 117 Å². The van der Waals surface area contributed by atoms with Gasteiger partial charge >= 0.3 is 5.97 Å². The maximum atomic E-state index is 12.4. The first-order valence-electron chi connectivity index (χ1n) is 8.91. The summed E-state index contributed by atoms with van der Waals surface area (Å²) in [6, 6.07) is 8.71. The molecule has 0 saturated carbocycles. The summed E-state index contributed by atoms with van der Waals surface area (Å²) in [7, 11) is 0.694. The minimum Gasteiger partial charge on any atom is -0.497 e. The Morgan fingerprint density at radius 1 is 1.14 bits per heavy atom. The number of benzene rings is 1. The van der Waals surface area contributed by atoms with Gasteiger partial charge in [-0.1, -0.05) is 12.1 Å². The van der Waals surface area contributed by atoms with Crippen molar-refractivity contribution in [3.8, 4) is 5.75 Å². The Bertz CT molecular complexity index is 902. The molecule has 29 heavy (non-hydrogen) atoms. The number of nitrogens with one attached hydrogen (secondary N) is 1. The van der Waals surface area contributed by atoms with Crippen LogP contribution in [0.4, 0.5) is 5.95 Å². The largest absolute Gasteiger partial charge is 0.497 e. The number of sulfonamides is 1. The highest BCUT2D eigenvalue weighted by Crippen LogP contribution is 2.20. The summed E-state index contributed by atoms with van der Waals surface area (Å²) in [6.45, 7) is 0.326. The molecule has 0 amide bonds. The van der Waals surface area contributed by atoms with Gasteiger partial charge in [0, 0.05) is 19.9 Å². The van der Waals surface area contributed by atoms with Crippen molar-refractivity contribution < 1.29 is 27.4 Å². The van der Waals surface area contributed by atoms with Crippen molar-refractivity contribution in [1.82, 2.24) is 9.97 Å². The van der Waals surface area contributed by atoms with E-state index in [-0.39, 0.29) is 11.7 Å². The third kappa shape index (κ3) is 6.99. The van der Waals surface area contributed by atoms with Crippen LogP contribution in [0.2, 0.25) is 0 Å². The van der Waals surface area contributed by atoms with Gasteiger partial charge in [0.2, 0.25) is 16.0 Å². The van der Waals surface area contributed by atoms with Gasteiger partial charge in [0.15, 0.2) is 0 Å². The quantitative estimate of drug-likeness (QED) is 0.544. The standard InChI is InChI=1S/C19H25N3O6S/c1-26-12-9-16(18(23)28-3)17-8-11-20-19(21-17)22-29(24,25)13-10-14-4-6-15(27-2)7-5-14/h4-8,11,16H,9-10,12-13H2,1-3H3,(H,20,21,22). The molecule has 0 saturated heterocycles. The normalized spacial score (nSPS) is 12.2. The Balaban J connectivity index is 2.07. The Morgan fingerprint density at radius 3 is 2.48 bits per heavy atom. The molecule has 1 unspecified atom stereocenters. The van der Waals surface area contributed by atoms with Crippen LogP contribution in [0.15, 0.2) is 36.5 Å². The minimum absolute atomic E-state index is 0.0939. The van der Waals surface area contributed by atoms with Crippen molar-refractivity contribution in [2.75, 3.05) is 38.4 Å². The molecule has 9 nitrogen and oxygen atoms in total. The van der Waals surface area contributed by atoms with E-state index in [1.165, 1.54) is 20.4 Å². The minimum atomic E-state index is -3.68. The van der Waals surface area contributed by atoms with E-state index in [9.17, 15) is 13.2 Å². The molecule has 0 radical (unpaired) electrons. The van der Waals surface area contributed by atoms with Gasteiger partial charge in [-0.2, -0.15) is 0 Å². The second-order valence-electron chi connectivity index (χ2n) is 6.18. The fourth-order valence-corrected chi connectivity index (χ4v) is 3.60. The zero-order chi connectivity index (χ0) is 21.3. The molecule has 2 rings (SSSR count). The number of nitrogens with zero attached hydrogens (tertiary/aromatic N) is 2. The van der Waals surface area contributed by atoms with Crippen LogP contribution in [0, 0.1) is 0 Å². The number of aromatic nitrogens is 2. The summed E-state index contributed by atoms with van der Waals surface area (Å²) in [6.07, 6.45) is 2.06. The molecule has 1 heterocycles. The van der Waals surface area contributed by atoms with Gasteiger partial charge in [0.1, 0.15) is 11.7 Å². The van der Waals surface area contributed by atoms with Gasteiger partial charge in [-0.25, -0.2) is 18.4 Å². The fourth-order valence-electron chi connectivity index (χ4n) is 2.61. The molecule has 0 bridgehead atoms. The van der Waals surface area contributed by atoms with Crippen molar-refractivity contribution in [2.24, 2.45) is 0 Å². The molecule has 1 atom stereocenters. The molecular weight excluding hydrogens is 398 g/mol. The number of carbonyl (C=O) groups is 1. The van der Waals surface area contributed by atoms with E-state index >= 15 is 0 Å². The third-order valence-corrected chi connectivity index (χ3v) is 5.43. The predicted octanol–water partition coefficient (Wildman–Crippen LogP) is 1.76. The molecule has 0 aliphatic carbocycles. The molecule has 2 aromatic rings. The lowest BCUT2D eigenvalue weighted by Crippen LogP contribution is -2.22. The van der Waals surface area contributed by atoms with E-state index in [4.69, 9.17) is 14.2 Å². The lowest BCUT2D eigenvalue weighted by Gasteiger charge is -2.14. The maximum Gasteiger partial charge on any atom is 0.314 e. The summed E-state index contributed by atoms with van der Waals surface area (Å²) in [5.74, 6) is -0.687. The molecule has 0 fully saturated rings. The average Bonchev–Trinajstić information content (AvgIpc) is 2.72. The number of hydrogen-bond acceptors (Lipinski definition) is 8. The number of rotatable bonds is 11. The van der Waals surface area contributed by atoms with Crippen LogP contribution in [0.25, 0.3) is 0 Å². The highest BCUT2D eigenvalue weighted by atomic mass is 32.2. The van der Waals surface area contributed by atoms with E-state index in [2.05, 4.69) is 14.7 Å². The monoisotopic (exact) mass is 423 g/mol. The molecular formula is C19H25N3O6S. The first-order chi connectivity index (χ1) is 13.9. The van der Waals surface area contributed by atoms with Gasteiger partial charge in [-0.05, 0) is 36.6 Å². The Labute approximate surface area is 170 Å². The van der Waals surface area contributed by atoms with Crippen LogP contribution in [0.3, 0.4) is 0 Å². The number of hydrogen-bond donors (Lipinski definition) is 1. The average molecular weight is 423 g/mol. The Hall–Kier alpha value is -2.72. The number of methoxy groups -OCH3 is 3. The van der Waals surface area contributed by atoms with Crippen LogP contribution >= 0.6 is 0 Å². The van der Waals surface area contributed by atoms with Crippen LogP contribution < -0.4 is 9.46 Å². The van der Waals surface area contributed by atoms with E-state index in [0.717, 1.165) is 5.56 Å². The molecule has 10 heteroatoms. The zero-order valence-electron chi connectivity index (χ0n) is 16.6. The highest BCUT2D eigenvalue weighted by molar-refractivity contribution is 7.92. The molecule has 0 aliphatic rings. The first kappa shape index (κ1) is 22.6. The number of ether oxygens (including phenoxy) is 3. The maximum absolute atomic E-state index is 12.4. The number of carbonyl (C=O) groups excluding carboxylic acids is 1. The van der Waals surface area contributed by atoms with Gasteiger partial charge in [-0.15, -0.1) is 0 Å². The van der Waals surface area contributed by atoms with Crippen LogP contribution in [0.5, 0.6) is 5.75 Å². The molecule has 158 valence electrons. The van der Waals surface area contributed by atoms with Gasteiger partial charge in [-0.3, -0.25) is 9.52 Å². The van der Waals surface area contributed by atoms with Crippen molar-refractivity contribution in [2.45, 2.75) is 18.8 Å². The first-order valence-corrected chi connectivity index (χ1v) is 10.6. The molecule has 0 spiro atoms. The van der Waals surface area contributed by atoms with E-state index < -0.39 is 21.9 Å². The summed E-state index contributed by atoms with van der Waals surface area (Å²) in [5.41, 5.74) is 1.22. The lowest BCUT2D eigenvalue weighted by atomic mass is 10.0. The third-order valence-electron chi connectivity index (χ3n) is 4.20. The number of aryl methyl sites for hydroxylation is 1. The van der Waals surface area contributed by atoms with Gasteiger partial charge < -0.3 is 14.2 Å². The highest BCUT2D eigenvalue weighted by Gasteiger charge is 2.24. The molecule has 0 aliphatic heterocycles. The SMILES string of the molecule is COCCC(C(=O)OC)c1ccnc(NS(=O)(=O)CCc2ccc(OC)cc2)n1. The molecule has 1 aromatic carbocycles. The van der Waals surface area contributed by atoms with Crippen LogP contribution in [-0.4, -0.2) is 58.0 Å². The van der Waals surface area contributed by atoms with Crippen molar-refractivity contribution in [3.63, 3.8) is 0 Å². The van der Waals surface area contributed by atoms with E-state index in [0.29, 0.717) is 30.9 Å². The molecule has 1 aromatic heterocycles. The molecule has 1 N–H and O–H groups in total. The smallest absolute Gasteiger partial charge is 0.314 e. The zero-order valence-corrected chi connectivity index (χ0v) is 17.4.